The summed E-state index contributed by atoms with van der Waals surface area (Å²) in [4.78, 5) is 0. The minimum absolute atomic E-state index is 0.200. The van der Waals surface area contributed by atoms with E-state index in [1.54, 1.807) is 11.1 Å². The topological polar surface area (TPSA) is 0 Å². The quantitative estimate of drug-likeness (QED) is 0.162. The van der Waals surface area contributed by atoms with Gasteiger partial charge < -0.3 is 0 Å². The van der Waals surface area contributed by atoms with Crippen LogP contribution in [0.25, 0.3) is 0 Å². The van der Waals surface area contributed by atoms with Crippen molar-refractivity contribution >= 4 is 7.85 Å². The first kappa shape index (κ1) is 27.1. The van der Waals surface area contributed by atoms with E-state index in [1.807, 2.05) is 0 Å². The van der Waals surface area contributed by atoms with Crippen molar-refractivity contribution in [1.29, 1.82) is 0 Å². The Balaban J connectivity index is 2.39. The van der Waals surface area contributed by atoms with Crippen molar-refractivity contribution in [3.63, 3.8) is 0 Å². The number of hydrogen-bond donors (Lipinski definition) is 0. The third-order valence-electron chi connectivity index (χ3n) is 7.40. The standard InChI is InChI=1S/C29H49B/c1-9-10-11-14-23(2)15-12-16-24(3)17-13-21-28(6,7)22-20-27-19-18-25(4)26(5)29(27,8)30/h14,17-19,26H,9-13,15-16,20-22H2,1-8H3/b23-14+,24-17+. The largest absolute Gasteiger partial charge is 0.0856 e. The molecule has 0 aliphatic heterocycles. The lowest BCUT2D eigenvalue weighted by Gasteiger charge is -2.40. The van der Waals surface area contributed by atoms with Crippen molar-refractivity contribution in [1.82, 2.24) is 0 Å². The van der Waals surface area contributed by atoms with E-state index < -0.39 is 0 Å². The highest BCUT2D eigenvalue weighted by atomic mass is 14.3. The minimum atomic E-state index is -0.200. The first-order chi connectivity index (χ1) is 14.0. The van der Waals surface area contributed by atoms with Crippen molar-refractivity contribution in [2.75, 3.05) is 0 Å². The van der Waals surface area contributed by atoms with Gasteiger partial charge in [0.25, 0.3) is 0 Å². The predicted octanol–water partition coefficient (Wildman–Crippen LogP) is 9.70. The molecule has 1 aliphatic carbocycles. The maximum atomic E-state index is 6.70. The van der Waals surface area contributed by atoms with Gasteiger partial charge in [0.1, 0.15) is 0 Å². The zero-order chi connectivity index (χ0) is 22.8. The van der Waals surface area contributed by atoms with Crippen LogP contribution in [0.4, 0.5) is 0 Å². The molecule has 0 aromatic carbocycles. The molecular formula is C29H49B. The monoisotopic (exact) mass is 408 g/mol. The van der Waals surface area contributed by atoms with Crippen LogP contribution in [-0.2, 0) is 0 Å². The van der Waals surface area contributed by atoms with E-state index in [0.717, 1.165) is 6.42 Å². The SMILES string of the molecule is [B]C1(C)C(CCC(C)(C)CC/C=C(\C)CCC/C(C)=C/CCCC)=CC=C(C)C1C. The molecule has 1 heteroatoms. The van der Waals surface area contributed by atoms with Crippen LogP contribution in [0.2, 0.25) is 5.31 Å². The smallest absolute Gasteiger partial charge is 0.0810 e. The van der Waals surface area contributed by atoms with Crippen molar-refractivity contribution in [2.24, 2.45) is 11.3 Å². The maximum absolute atomic E-state index is 6.70. The first-order valence-electron chi connectivity index (χ1n) is 12.5. The van der Waals surface area contributed by atoms with Gasteiger partial charge in [-0.1, -0.05) is 94.1 Å². The summed E-state index contributed by atoms with van der Waals surface area (Å²) in [5, 5.41) is -0.200. The van der Waals surface area contributed by atoms with Crippen LogP contribution >= 0.6 is 0 Å². The molecule has 30 heavy (non-hydrogen) atoms. The van der Waals surface area contributed by atoms with E-state index >= 15 is 0 Å². The fourth-order valence-electron chi connectivity index (χ4n) is 4.37. The van der Waals surface area contributed by atoms with Crippen LogP contribution in [0, 0.1) is 11.3 Å². The lowest BCUT2D eigenvalue weighted by Crippen LogP contribution is -2.25. The highest BCUT2D eigenvalue weighted by Gasteiger charge is 2.32. The Kier molecular flexibility index (Phi) is 11.5. The molecular weight excluding hydrogens is 359 g/mol. The summed E-state index contributed by atoms with van der Waals surface area (Å²) in [6.07, 6.45) is 21.9. The molecule has 168 valence electrons. The normalized spacial score (nSPS) is 23.4. The zero-order valence-corrected chi connectivity index (χ0v) is 21.5. The van der Waals surface area contributed by atoms with E-state index in [4.69, 9.17) is 7.85 Å². The Labute approximate surface area is 190 Å². The van der Waals surface area contributed by atoms with Crippen LogP contribution in [0.3, 0.4) is 0 Å². The highest BCUT2D eigenvalue weighted by molar-refractivity contribution is 6.17. The molecule has 0 amide bonds. The lowest BCUT2D eigenvalue weighted by molar-refractivity contribution is 0.304. The zero-order valence-electron chi connectivity index (χ0n) is 21.5. The predicted molar refractivity (Wildman–Crippen MR) is 138 cm³/mol. The van der Waals surface area contributed by atoms with Gasteiger partial charge in [0.2, 0.25) is 0 Å². The summed E-state index contributed by atoms with van der Waals surface area (Å²) in [6, 6.07) is 0. The van der Waals surface area contributed by atoms with E-state index in [-0.39, 0.29) is 5.31 Å². The van der Waals surface area contributed by atoms with Crippen LogP contribution in [0.5, 0.6) is 0 Å². The van der Waals surface area contributed by atoms with Crippen LogP contribution in [0.1, 0.15) is 120 Å². The van der Waals surface area contributed by atoms with E-state index in [1.165, 1.54) is 68.9 Å². The molecule has 0 N–H and O–H groups in total. The molecule has 0 spiro atoms. The number of unbranched alkanes of at least 4 members (excludes halogenated alkanes) is 2. The Bertz CT molecular complexity index is 639. The lowest BCUT2D eigenvalue weighted by atomic mass is 9.54. The molecule has 0 bridgehead atoms. The second-order valence-electron chi connectivity index (χ2n) is 10.9. The third kappa shape index (κ3) is 9.44. The average Bonchev–Trinajstić information content (AvgIpc) is 2.65. The molecule has 0 fully saturated rings. The van der Waals surface area contributed by atoms with Crippen LogP contribution < -0.4 is 0 Å². The van der Waals surface area contributed by atoms with E-state index in [0.29, 0.717) is 11.3 Å². The van der Waals surface area contributed by atoms with Gasteiger partial charge in [0, 0.05) is 0 Å². The van der Waals surface area contributed by atoms with Crippen LogP contribution in [-0.4, -0.2) is 7.85 Å². The van der Waals surface area contributed by atoms with Crippen molar-refractivity contribution in [2.45, 2.75) is 125 Å². The molecule has 0 heterocycles. The number of allylic oxidation sites excluding steroid dienone is 8. The molecule has 1 aliphatic rings. The minimum Gasteiger partial charge on any atom is -0.0856 e. The molecule has 2 unspecified atom stereocenters. The Morgan fingerprint density at radius 2 is 1.63 bits per heavy atom. The third-order valence-corrected chi connectivity index (χ3v) is 7.40. The fraction of sp³-hybridized carbons (Fsp3) is 0.724. The number of rotatable bonds is 13. The first-order valence-corrected chi connectivity index (χ1v) is 12.5. The second kappa shape index (κ2) is 12.8. The molecule has 2 radical (unpaired) electrons. The summed E-state index contributed by atoms with van der Waals surface area (Å²) in [5.74, 6) is 0.427. The Morgan fingerprint density at radius 1 is 1.03 bits per heavy atom. The molecule has 0 saturated carbocycles. The summed E-state index contributed by atoms with van der Waals surface area (Å²) in [6.45, 7) is 18.4. The molecule has 0 aromatic heterocycles. The van der Waals surface area contributed by atoms with Gasteiger partial charge in [0.15, 0.2) is 0 Å². The van der Waals surface area contributed by atoms with Gasteiger partial charge in [-0.2, -0.15) is 0 Å². The van der Waals surface area contributed by atoms with E-state index in [2.05, 4.69) is 79.7 Å². The molecule has 0 aromatic rings. The van der Waals surface area contributed by atoms with E-state index in [9.17, 15) is 0 Å². The Morgan fingerprint density at radius 3 is 2.23 bits per heavy atom. The van der Waals surface area contributed by atoms with Gasteiger partial charge in [-0.25, -0.2) is 0 Å². The van der Waals surface area contributed by atoms with Crippen molar-refractivity contribution in [3.05, 3.63) is 46.6 Å². The van der Waals surface area contributed by atoms with Crippen molar-refractivity contribution in [3.8, 4) is 0 Å². The van der Waals surface area contributed by atoms with Gasteiger partial charge in [-0.15, -0.1) is 0 Å². The summed E-state index contributed by atoms with van der Waals surface area (Å²) < 4.78 is 0. The molecule has 1 rings (SSSR count). The van der Waals surface area contributed by atoms with Gasteiger partial charge in [0.05, 0.1) is 7.85 Å². The summed E-state index contributed by atoms with van der Waals surface area (Å²) in [5.41, 5.74) is 6.30. The van der Waals surface area contributed by atoms with Gasteiger partial charge in [-0.3, -0.25) is 0 Å². The summed E-state index contributed by atoms with van der Waals surface area (Å²) >= 11 is 0. The molecule has 0 saturated heterocycles. The summed E-state index contributed by atoms with van der Waals surface area (Å²) in [7, 11) is 6.70. The van der Waals surface area contributed by atoms with Crippen molar-refractivity contribution < 1.29 is 0 Å². The maximum Gasteiger partial charge on any atom is 0.0810 e. The second-order valence-corrected chi connectivity index (χ2v) is 10.9. The fourth-order valence-corrected chi connectivity index (χ4v) is 4.37. The molecule has 0 nitrogen and oxygen atoms in total. The highest BCUT2D eigenvalue weighted by Crippen LogP contribution is 2.48. The van der Waals surface area contributed by atoms with Gasteiger partial charge >= 0.3 is 0 Å². The average molecular weight is 409 g/mol. The molecule has 2 atom stereocenters. The van der Waals surface area contributed by atoms with Crippen LogP contribution in [0.15, 0.2) is 46.6 Å². The van der Waals surface area contributed by atoms with Gasteiger partial charge in [-0.05, 0) is 88.8 Å². The number of hydrogen-bond acceptors (Lipinski definition) is 0. The Hall–Kier alpha value is -0.975.